The lowest BCUT2D eigenvalue weighted by atomic mass is 9.69. The maximum atomic E-state index is 13.9. The van der Waals surface area contributed by atoms with Gasteiger partial charge >= 0.3 is 11.9 Å². The number of unbranched alkanes of at least 4 members (excludes halogenated alkanes) is 1. The van der Waals surface area contributed by atoms with E-state index in [0.29, 0.717) is 35.5 Å². The third-order valence-corrected chi connectivity index (χ3v) is 17.9. The summed E-state index contributed by atoms with van der Waals surface area (Å²) in [7, 11) is -11.0. The minimum Gasteiger partial charge on any atom is -0.744 e. The number of carboxylic acid groups (broad SMARTS) is 1. The second kappa shape index (κ2) is 23.1. The van der Waals surface area contributed by atoms with E-state index in [1.807, 2.05) is 41.5 Å². The summed E-state index contributed by atoms with van der Waals surface area (Å²) >= 11 is 25.5. The summed E-state index contributed by atoms with van der Waals surface area (Å²) in [5.41, 5.74) is -2.23. The molecular weight excluding hydrogens is 1090 g/mol. The molecule has 3 N–H and O–H groups in total. The predicted molar refractivity (Wildman–Crippen MR) is 283 cm³/mol. The molecule has 0 saturated carbocycles. The lowest BCUT2D eigenvalue weighted by Crippen LogP contribution is -3.11. The molecule has 3 atom stereocenters. The number of amides is 2. The monoisotopic (exact) mass is 1150 g/mol. The quantitative estimate of drug-likeness (QED) is 0.0281. The maximum Gasteiger partial charge on any atom is 0.337 e. The highest BCUT2D eigenvalue weighted by Crippen LogP contribution is 2.54. The molecule has 3 aromatic carbocycles. The highest BCUT2D eigenvalue weighted by Gasteiger charge is 2.42. The Morgan fingerprint density at radius 1 is 0.880 bits per heavy atom. The molecule has 17 nitrogen and oxygen atoms in total. The van der Waals surface area contributed by atoms with Crippen molar-refractivity contribution >= 4 is 109 Å². The number of halogens is 3. The number of Topliss-reactive ketones (excluding diaryl/α,β-unsaturated/α-hetero) is 1. The van der Waals surface area contributed by atoms with Gasteiger partial charge in [-0.05, 0) is 116 Å². The highest BCUT2D eigenvalue weighted by atomic mass is 35.5. The third kappa shape index (κ3) is 12.6. The zero-order valence-corrected chi connectivity index (χ0v) is 48.1. The van der Waals surface area contributed by atoms with Crippen LogP contribution in [0.3, 0.4) is 0 Å². The number of carbonyl (C=O) groups is 5. The number of aromatic carboxylic acids is 1. The van der Waals surface area contributed by atoms with E-state index in [1.165, 1.54) is 25.7 Å². The topological polar surface area (TPSA) is 258 Å². The van der Waals surface area contributed by atoms with Crippen LogP contribution < -0.4 is 25.4 Å². The van der Waals surface area contributed by atoms with Gasteiger partial charge in [-0.1, -0.05) is 82.4 Å². The molecule has 75 heavy (non-hydrogen) atoms. The molecule has 0 radical (unpaired) electrons. The van der Waals surface area contributed by atoms with Crippen LogP contribution in [0.15, 0.2) is 21.9 Å². The van der Waals surface area contributed by atoms with Gasteiger partial charge in [0.1, 0.15) is 30.0 Å². The summed E-state index contributed by atoms with van der Waals surface area (Å²) in [4.78, 5) is 68.0. The minimum atomic E-state index is -5.53. The molecule has 0 aromatic heterocycles. The Hall–Kier alpha value is -4.09. The van der Waals surface area contributed by atoms with Crippen molar-refractivity contribution in [3.63, 3.8) is 0 Å². The summed E-state index contributed by atoms with van der Waals surface area (Å²) in [6, 6.07) is 3.07. The zero-order chi connectivity index (χ0) is 56.0. The van der Waals surface area contributed by atoms with Crippen molar-refractivity contribution in [2.75, 3.05) is 32.7 Å². The van der Waals surface area contributed by atoms with Crippen LogP contribution in [0.4, 0.5) is 0 Å². The number of benzene rings is 3. The Morgan fingerprint density at radius 3 is 2.01 bits per heavy atom. The standard InChI is InChI=1S/C46H49Cl3N2O14S3.C6H15N/c1-20-15-45(3,4)17-26-22(20)13-24-32(25-14-23-21(2)16-46(5,6)18-27(23)43(68(61,62)63)40(25)64-39(24)42(26)67(58,59)60)33-34(44(56)57)37(48)38(49)35(36(33)47)41(66)28(52)19-50-12-8-7-9-31(55)65-51-29(53)10-11-30(51)54;1-4-7(5-2)6-3/h13-14,17,20-21,41,50,66H,7-12,15-16,18-19H2,1-6H3,(H,56,57)(H,58,59,60)(H,61,62,63);4-6H2,1-3H3/p-1. The normalized spacial score (nSPS) is 18.9. The van der Waals surface area contributed by atoms with E-state index >= 15 is 0 Å². The molecule has 23 heteroatoms. The Balaban J connectivity index is 0.00000122. The van der Waals surface area contributed by atoms with Gasteiger partial charge in [-0.15, -0.1) is 5.06 Å². The summed E-state index contributed by atoms with van der Waals surface area (Å²) < 4.78 is 88.0. The van der Waals surface area contributed by atoms with Crippen LogP contribution in [-0.2, 0) is 50.7 Å². The molecule has 7 rings (SSSR count). The fourth-order valence-electron chi connectivity index (χ4n) is 10.9. The second-order valence-corrected chi connectivity index (χ2v) is 25.4. The number of fused-ring (bicyclic) bond motifs is 4. The Bertz CT molecular complexity index is 3210. The number of hydroxylamine groups is 2. The Labute approximate surface area is 458 Å². The summed E-state index contributed by atoms with van der Waals surface area (Å²) in [6.07, 6.45) is 3.04. The number of nitrogens with zero attached hydrogens (tertiary/aromatic N) is 1. The van der Waals surface area contributed by atoms with Gasteiger partial charge in [-0.3, -0.25) is 14.4 Å². The van der Waals surface area contributed by atoms with Gasteiger partial charge in [0.15, 0.2) is 17.3 Å². The van der Waals surface area contributed by atoms with Gasteiger partial charge in [0, 0.05) is 46.7 Å². The fourth-order valence-corrected chi connectivity index (χ4v) is 14.1. The van der Waals surface area contributed by atoms with Crippen LogP contribution >= 0.6 is 47.4 Å². The van der Waals surface area contributed by atoms with Crippen molar-refractivity contribution in [3.05, 3.63) is 76.6 Å². The number of rotatable bonds is 17. The van der Waals surface area contributed by atoms with Crippen LogP contribution in [0.1, 0.15) is 168 Å². The molecule has 4 aliphatic rings. The molecule has 3 aromatic rings. The van der Waals surface area contributed by atoms with E-state index in [1.54, 1.807) is 17.0 Å². The van der Waals surface area contributed by atoms with E-state index in [4.69, 9.17) is 44.4 Å². The summed E-state index contributed by atoms with van der Waals surface area (Å²) in [5.74, 6) is -6.48. The first kappa shape index (κ1) is 60.1. The number of carboxylic acids is 1. The Morgan fingerprint density at radius 2 is 1.47 bits per heavy atom. The van der Waals surface area contributed by atoms with Crippen molar-refractivity contribution < 1.29 is 69.5 Å². The Kier molecular flexibility index (Phi) is 18.5. The minimum absolute atomic E-state index is 0.00700. The van der Waals surface area contributed by atoms with Gasteiger partial charge in [0.25, 0.3) is 11.8 Å². The average molecular weight is 1160 g/mol. The molecule has 2 aliphatic carbocycles. The van der Waals surface area contributed by atoms with Crippen molar-refractivity contribution in [2.24, 2.45) is 10.8 Å². The summed E-state index contributed by atoms with van der Waals surface area (Å²) in [6.45, 7) is 21.4. The molecule has 410 valence electrons. The molecule has 1 fully saturated rings. The SMILES string of the molecule is CC1CC(C)(C)Cc2c1cc1c(c2S(=O)(=O)[O-])Oc2c(S(=O)(=O)[O-])c3c(cc2=C1c1c(Cl)c(C(S)C(=O)CNCCCCC(=O)ON2C(=O)CCC2=O)c(Cl)c(Cl)c1C(=O)O)C(C)CC(C)(C)C=3.CC[NH+](CC)CC. The van der Waals surface area contributed by atoms with Crippen LogP contribution in [0.2, 0.25) is 15.1 Å². The van der Waals surface area contributed by atoms with E-state index in [-0.39, 0.29) is 83.8 Å². The van der Waals surface area contributed by atoms with Crippen LogP contribution in [0, 0.1) is 10.8 Å². The molecule has 2 heterocycles. The van der Waals surface area contributed by atoms with E-state index in [9.17, 15) is 55.0 Å². The average Bonchev–Trinajstić information content (AvgIpc) is 3.60. The molecule has 1 saturated heterocycles. The van der Waals surface area contributed by atoms with Gasteiger partial charge < -0.3 is 34.0 Å². The molecule has 0 spiro atoms. The van der Waals surface area contributed by atoms with Gasteiger partial charge in [0.2, 0.25) is 0 Å². The molecule has 2 aliphatic heterocycles. The predicted octanol–water partition coefficient (Wildman–Crippen LogP) is 6.73. The number of ether oxygens (including phenoxy) is 1. The van der Waals surface area contributed by atoms with Crippen molar-refractivity contribution in [1.82, 2.24) is 10.4 Å². The number of hydrogen-bond donors (Lipinski definition) is 4. The number of quaternary nitrogens is 1. The molecule has 0 bridgehead atoms. The fraction of sp³-hybridized carbons (Fsp3) is 0.519. The number of hydrogen-bond acceptors (Lipinski definition) is 15. The van der Waals surface area contributed by atoms with Gasteiger partial charge in [-0.25, -0.2) is 26.4 Å². The van der Waals surface area contributed by atoms with E-state index in [0.717, 1.165) is 0 Å². The van der Waals surface area contributed by atoms with Crippen LogP contribution in [0.5, 0.6) is 11.5 Å². The van der Waals surface area contributed by atoms with Gasteiger partial charge in [0.05, 0.1) is 52.1 Å². The number of thiol groups is 1. The van der Waals surface area contributed by atoms with Crippen molar-refractivity contribution in [2.45, 2.75) is 141 Å². The van der Waals surface area contributed by atoms with Crippen molar-refractivity contribution in [3.8, 4) is 11.5 Å². The van der Waals surface area contributed by atoms with Crippen LogP contribution in [-0.4, -0.2) is 98.4 Å². The zero-order valence-electron chi connectivity index (χ0n) is 43.3. The number of nitrogens with one attached hydrogen (secondary N) is 2. The number of carbonyl (C=O) groups excluding carboxylic acids is 4. The third-order valence-electron chi connectivity index (χ3n) is 14.2. The lowest BCUT2D eigenvalue weighted by Gasteiger charge is -2.39. The number of imide groups is 1. The maximum absolute atomic E-state index is 13.9. The van der Waals surface area contributed by atoms with Crippen molar-refractivity contribution in [1.29, 1.82) is 0 Å². The van der Waals surface area contributed by atoms with E-state index in [2.05, 4.69) is 38.7 Å². The first-order valence-corrected chi connectivity index (χ1v) is 29.3. The highest BCUT2D eigenvalue weighted by molar-refractivity contribution is 7.86. The second-order valence-electron chi connectivity index (χ2n) is 21.1. The molecule has 3 unspecified atom stereocenters. The number of ketones is 1. The lowest BCUT2D eigenvalue weighted by molar-refractivity contribution is -0.894. The summed E-state index contributed by atoms with van der Waals surface area (Å²) in [5, 5.41) is 11.0. The molecular formula is C52H63Cl3N3O14S3-. The van der Waals surface area contributed by atoms with E-state index < -0.39 is 119 Å². The largest absolute Gasteiger partial charge is 0.744 e. The smallest absolute Gasteiger partial charge is 0.337 e. The van der Waals surface area contributed by atoms with Crippen LogP contribution in [0.25, 0.3) is 11.6 Å². The van der Waals surface area contributed by atoms with Gasteiger partial charge in [-0.2, -0.15) is 12.6 Å². The first-order chi connectivity index (χ1) is 34.8. The molecule has 2 amide bonds. The first-order valence-electron chi connectivity index (χ1n) is 24.8.